The summed E-state index contributed by atoms with van der Waals surface area (Å²) in [7, 11) is 0. The molecular weight excluding hydrogens is 472 g/mol. The quantitative estimate of drug-likeness (QED) is 0.349. The van der Waals surface area contributed by atoms with Crippen LogP contribution >= 0.6 is 0 Å². The number of hydrogen-bond acceptors (Lipinski definition) is 4. The zero-order chi connectivity index (χ0) is 25.2. The molecule has 0 spiro atoms. The van der Waals surface area contributed by atoms with E-state index in [0.717, 1.165) is 48.7 Å². The molecule has 38 heavy (non-hydrogen) atoms. The van der Waals surface area contributed by atoms with Crippen molar-refractivity contribution >= 4 is 0 Å². The van der Waals surface area contributed by atoms with E-state index in [1.807, 2.05) is 0 Å². The summed E-state index contributed by atoms with van der Waals surface area (Å²) < 4.78 is 25.4. The predicted octanol–water partition coefficient (Wildman–Crippen LogP) is 6.95. The second-order valence-electron chi connectivity index (χ2n) is 15.6. The van der Waals surface area contributed by atoms with Gasteiger partial charge in [-0.3, -0.25) is 0 Å². The molecule has 0 radical (unpaired) electrons. The van der Waals surface area contributed by atoms with E-state index in [4.69, 9.17) is 18.9 Å². The molecule has 10 fully saturated rings. The lowest BCUT2D eigenvalue weighted by Gasteiger charge is -2.58. The highest BCUT2D eigenvalue weighted by Crippen LogP contribution is 2.65. The Balaban J connectivity index is 1.19. The molecule has 8 saturated carbocycles. The Kier molecular flexibility index (Phi) is 5.03. The number of benzene rings is 1. The van der Waals surface area contributed by atoms with Gasteiger partial charge in [0.25, 0.3) is 0 Å². The molecule has 10 aliphatic rings. The van der Waals surface area contributed by atoms with Crippen LogP contribution in [0.5, 0.6) is 11.5 Å². The van der Waals surface area contributed by atoms with Crippen molar-refractivity contribution in [2.45, 2.75) is 126 Å². The molecular formula is C34H46O4. The van der Waals surface area contributed by atoms with Gasteiger partial charge in [0.05, 0.1) is 13.2 Å². The summed E-state index contributed by atoms with van der Waals surface area (Å²) in [4.78, 5) is 0. The first-order valence-electron chi connectivity index (χ1n) is 16.2. The molecule has 8 bridgehead atoms. The molecule has 206 valence electrons. The Labute approximate surface area is 228 Å². The van der Waals surface area contributed by atoms with Gasteiger partial charge in [0.15, 0.2) is 0 Å². The van der Waals surface area contributed by atoms with Gasteiger partial charge in [-0.25, -0.2) is 0 Å². The van der Waals surface area contributed by atoms with Gasteiger partial charge in [-0.2, -0.15) is 0 Å². The minimum absolute atomic E-state index is 0.109. The summed E-state index contributed by atoms with van der Waals surface area (Å²) in [5.41, 5.74) is 3.50. The van der Waals surface area contributed by atoms with E-state index in [0.29, 0.717) is 0 Å². The highest BCUT2D eigenvalue weighted by atomic mass is 16.6. The second kappa shape index (κ2) is 8.15. The molecule has 4 heteroatoms. The maximum atomic E-state index is 6.98. The van der Waals surface area contributed by atoms with Crippen LogP contribution in [0, 0.1) is 35.5 Å². The molecule has 8 aliphatic carbocycles. The molecule has 4 unspecified atom stereocenters. The van der Waals surface area contributed by atoms with Gasteiger partial charge < -0.3 is 18.9 Å². The van der Waals surface area contributed by atoms with Crippen molar-refractivity contribution in [3.05, 3.63) is 23.3 Å². The molecule has 1 aromatic rings. The normalized spacial score (nSPS) is 48.7. The van der Waals surface area contributed by atoms with E-state index in [9.17, 15) is 0 Å². The molecule has 4 atom stereocenters. The first kappa shape index (κ1) is 23.4. The van der Waals surface area contributed by atoms with Crippen LogP contribution in [-0.4, -0.2) is 37.6 Å². The van der Waals surface area contributed by atoms with E-state index in [-0.39, 0.29) is 35.2 Å². The van der Waals surface area contributed by atoms with Crippen molar-refractivity contribution in [3.63, 3.8) is 0 Å². The molecule has 0 N–H and O–H groups in total. The number of rotatable bonds is 8. The Morgan fingerprint density at radius 2 is 0.868 bits per heavy atom. The van der Waals surface area contributed by atoms with Gasteiger partial charge in [-0.1, -0.05) is 0 Å². The molecule has 2 aliphatic heterocycles. The van der Waals surface area contributed by atoms with Crippen LogP contribution in [0.15, 0.2) is 12.1 Å². The summed E-state index contributed by atoms with van der Waals surface area (Å²) in [5.74, 6) is 7.81. The first-order chi connectivity index (χ1) is 18.4. The number of epoxide rings is 2. The molecule has 2 saturated heterocycles. The minimum atomic E-state index is 0.109. The standard InChI is InChI=1S/C34H46O4/c1-19(31-17-35-31)37-29-9-28(34-14-24-6-25(15-34)8-26(7-24)16-34)30(38-20(2)32-18-36-32)10-27(29)33-11-21-3-22(12-33)5-23(4-21)13-33/h9-10,19-26,31-32H,3-8,11-18H2,1-2H3. The third-order valence-electron chi connectivity index (χ3n) is 12.7. The third-order valence-corrected chi connectivity index (χ3v) is 12.7. The van der Waals surface area contributed by atoms with E-state index in [1.165, 1.54) is 99.7 Å². The maximum Gasteiger partial charge on any atom is 0.124 e. The summed E-state index contributed by atoms with van der Waals surface area (Å²) in [6.45, 7) is 6.14. The van der Waals surface area contributed by atoms with Crippen LogP contribution in [0.25, 0.3) is 0 Å². The van der Waals surface area contributed by atoms with Crippen molar-refractivity contribution in [1.82, 2.24) is 0 Å². The van der Waals surface area contributed by atoms with Crippen molar-refractivity contribution in [2.24, 2.45) is 35.5 Å². The van der Waals surface area contributed by atoms with E-state index in [1.54, 1.807) is 0 Å². The molecule has 1 aromatic carbocycles. The molecule has 0 amide bonds. The van der Waals surface area contributed by atoms with E-state index < -0.39 is 0 Å². The Morgan fingerprint density at radius 3 is 1.13 bits per heavy atom. The lowest BCUT2D eigenvalue weighted by Crippen LogP contribution is -2.49. The maximum absolute atomic E-state index is 6.98. The molecule has 4 nitrogen and oxygen atoms in total. The van der Waals surface area contributed by atoms with Crippen LogP contribution in [-0.2, 0) is 20.3 Å². The minimum Gasteiger partial charge on any atom is -0.488 e. The van der Waals surface area contributed by atoms with Crippen molar-refractivity contribution in [2.75, 3.05) is 13.2 Å². The molecule has 2 heterocycles. The zero-order valence-corrected chi connectivity index (χ0v) is 23.5. The van der Waals surface area contributed by atoms with Crippen molar-refractivity contribution in [3.8, 4) is 11.5 Å². The van der Waals surface area contributed by atoms with Crippen molar-refractivity contribution < 1.29 is 18.9 Å². The Morgan fingerprint density at radius 1 is 0.579 bits per heavy atom. The third kappa shape index (κ3) is 3.75. The predicted molar refractivity (Wildman–Crippen MR) is 146 cm³/mol. The lowest BCUT2D eigenvalue weighted by atomic mass is 9.47. The summed E-state index contributed by atoms with van der Waals surface area (Å²) in [5, 5.41) is 0. The SMILES string of the molecule is CC(Oc1cc(C23CC4CC(CC(C4)C2)C3)c(OC(C)C2CO2)cc1C12CC3CC(CC(C3)C1)C2)C1CO1. The smallest absolute Gasteiger partial charge is 0.124 e. The Bertz CT molecular complexity index is 957. The second-order valence-corrected chi connectivity index (χ2v) is 15.6. The van der Waals surface area contributed by atoms with Gasteiger partial charge in [-0.15, -0.1) is 0 Å². The van der Waals surface area contributed by atoms with Gasteiger partial charge in [-0.05, 0) is 149 Å². The monoisotopic (exact) mass is 518 g/mol. The first-order valence-corrected chi connectivity index (χ1v) is 16.2. The largest absolute Gasteiger partial charge is 0.488 e. The number of ether oxygens (including phenoxy) is 4. The van der Waals surface area contributed by atoms with Crippen LogP contribution in [0.1, 0.15) is 102 Å². The average molecular weight is 519 g/mol. The van der Waals surface area contributed by atoms with E-state index >= 15 is 0 Å². The fourth-order valence-corrected chi connectivity index (χ4v) is 11.7. The van der Waals surface area contributed by atoms with E-state index in [2.05, 4.69) is 26.0 Å². The highest BCUT2D eigenvalue weighted by Gasteiger charge is 2.55. The van der Waals surface area contributed by atoms with Crippen LogP contribution < -0.4 is 9.47 Å². The van der Waals surface area contributed by atoms with Gasteiger partial charge in [0, 0.05) is 11.1 Å². The van der Waals surface area contributed by atoms with Crippen LogP contribution in [0.2, 0.25) is 0 Å². The van der Waals surface area contributed by atoms with Gasteiger partial charge >= 0.3 is 0 Å². The summed E-state index contributed by atoms with van der Waals surface area (Å²) >= 11 is 0. The fraction of sp³-hybridized carbons (Fsp3) is 0.824. The summed E-state index contributed by atoms with van der Waals surface area (Å²) in [6.07, 6.45) is 17.6. The van der Waals surface area contributed by atoms with Crippen LogP contribution in [0.4, 0.5) is 0 Å². The lowest BCUT2D eigenvalue weighted by molar-refractivity contribution is -0.00987. The average Bonchev–Trinajstić information content (AvgIpc) is 3.76. The Hall–Kier alpha value is -1.26. The topological polar surface area (TPSA) is 43.5 Å². The molecule has 11 rings (SSSR count). The summed E-state index contributed by atoms with van der Waals surface area (Å²) in [6, 6.07) is 5.07. The van der Waals surface area contributed by atoms with Crippen LogP contribution in [0.3, 0.4) is 0 Å². The number of hydrogen-bond donors (Lipinski definition) is 0. The zero-order valence-electron chi connectivity index (χ0n) is 23.5. The van der Waals surface area contributed by atoms with Crippen molar-refractivity contribution in [1.29, 1.82) is 0 Å². The highest BCUT2D eigenvalue weighted by molar-refractivity contribution is 5.54. The fourth-order valence-electron chi connectivity index (χ4n) is 11.7. The molecule has 0 aromatic heterocycles. The van der Waals surface area contributed by atoms with Gasteiger partial charge in [0.2, 0.25) is 0 Å². The van der Waals surface area contributed by atoms with Gasteiger partial charge in [0.1, 0.15) is 35.9 Å².